The third-order valence-corrected chi connectivity index (χ3v) is 5.66. The first kappa shape index (κ1) is 19.1. The number of morpholine rings is 1. The molecule has 6 nitrogen and oxygen atoms in total. The normalized spacial score (nSPS) is 14.1. The maximum Gasteiger partial charge on any atom is 0.257 e. The van der Waals surface area contributed by atoms with E-state index in [1.807, 2.05) is 6.07 Å². The van der Waals surface area contributed by atoms with Gasteiger partial charge in [-0.3, -0.25) is 10.1 Å². The lowest BCUT2D eigenvalue weighted by atomic mass is 10.2. The number of halogens is 1. The van der Waals surface area contributed by atoms with Gasteiger partial charge in [-0.05, 0) is 48.6 Å². The van der Waals surface area contributed by atoms with E-state index >= 15 is 0 Å². The minimum atomic E-state index is -0.323. The highest BCUT2D eigenvalue weighted by molar-refractivity contribution is 7.80. The largest absolute Gasteiger partial charge is 0.378 e. The summed E-state index contributed by atoms with van der Waals surface area (Å²) in [5.41, 5.74) is 2.48. The van der Waals surface area contributed by atoms with Crippen molar-refractivity contribution in [2.75, 3.05) is 36.5 Å². The van der Waals surface area contributed by atoms with Crippen LogP contribution < -0.4 is 15.5 Å². The van der Waals surface area contributed by atoms with Gasteiger partial charge in [-0.25, -0.2) is 4.98 Å². The van der Waals surface area contributed by atoms with Crippen LogP contribution in [0.2, 0.25) is 5.02 Å². The van der Waals surface area contributed by atoms with E-state index in [1.54, 1.807) is 24.3 Å². The second-order valence-corrected chi connectivity index (χ2v) is 8.06. The molecule has 0 aliphatic carbocycles. The quantitative estimate of drug-likeness (QED) is 0.611. The molecule has 144 valence electrons. The van der Waals surface area contributed by atoms with E-state index in [0.717, 1.165) is 42.2 Å². The smallest absolute Gasteiger partial charge is 0.257 e. The summed E-state index contributed by atoms with van der Waals surface area (Å²) in [4.78, 5) is 19.1. The van der Waals surface area contributed by atoms with Crippen LogP contribution in [-0.4, -0.2) is 42.3 Å². The first-order chi connectivity index (χ1) is 13.6. The van der Waals surface area contributed by atoms with Crippen molar-refractivity contribution in [3.8, 4) is 0 Å². The minimum Gasteiger partial charge on any atom is -0.378 e. The predicted octanol–water partition coefficient (Wildman–Crippen LogP) is 3.91. The molecular weight excluding hydrogens is 416 g/mol. The first-order valence-electron chi connectivity index (χ1n) is 8.70. The summed E-state index contributed by atoms with van der Waals surface area (Å²) in [6.45, 7) is 3.26. The lowest BCUT2D eigenvalue weighted by Gasteiger charge is -2.28. The van der Waals surface area contributed by atoms with Gasteiger partial charge in [-0.15, -0.1) is 0 Å². The fourth-order valence-electron chi connectivity index (χ4n) is 2.92. The summed E-state index contributed by atoms with van der Waals surface area (Å²) < 4.78 is 6.46. The van der Waals surface area contributed by atoms with Crippen LogP contribution in [0.3, 0.4) is 0 Å². The zero-order valence-electron chi connectivity index (χ0n) is 14.8. The number of nitrogens with one attached hydrogen (secondary N) is 2. The Kier molecular flexibility index (Phi) is 5.72. The van der Waals surface area contributed by atoms with Crippen LogP contribution in [0.1, 0.15) is 10.4 Å². The number of ether oxygens (including phenoxy) is 1. The molecule has 0 unspecified atom stereocenters. The zero-order chi connectivity index (χ0) is 19.5. The molecule has 1 aliphatic heterocycles. The van der Waals surface area contributed by atoms with Crippen molar-refractivity contribution in [2.24, 2.45) is 0 Å². The van der Waals surface area contributed by atoms with Gasteiger partial charge in [0.05, 0.1) is 23.4 Å². The van der Waals surface area contributed by atoms with Gasteiger partial charge >= 0.3 is 0 Å². The molecule has 1 saturated heterocycles. The molecule has 0 saturated carbocycles. The average Bonchev–Trinajstić information content (AvgIpc) is 3.09. The summed E-state index contributed by atoms with van der Waals surface area (Å²) in [5.74, 6) is -0.323. The number of thiocarbonyl (C=S) groups is 1. The third kappa shape index (κ3) is 4.41. The lowest BCUT2D eigenvalue weighted by Crippen LogP contribution is -2.36. The van der Waals surface area contributed by atoms with Crippen LogP contribution in [0.5, 0.6) is 0 Å². The van der Waals surface area contributed by atoms with Crippen molar-refractivity contribution < 1.29 is 9.53 Å². The highest BCUT2D eigenvalue weighted by atomic mass is 35.5. The van der Waals surface area contributed by atoms with Crippen molar-refractivity contribution in [3.05, 3.63) is 53.1 Å². The van der Waals surface area contributed by atoms with Crippen LogP contribution in [0.4, 0.5) is 10.8 Å². The Morgan fingerprint density at radius 2 is 2.04 bits per heavy atom. The summed E-state index contributed by atoms with van der Waals surface area (Å²) in [6, 6.07) is 12.9. The maximum absolute atomic E-state index is 12.3. The van der Waals surface area contributed by atoms with E-state index in [0.29, 0.717) is 15.7 Å². The number of benzene rings is 2. The van der Waals surface area contributed by atoms with Gasteiger partial charge < -0.3 is 15.0 Å². The zero-order valence-corrected chi connectivity index (χ0v) is 17.2. The Morgan fingerprint density at radius 3 is 2.82 bits per heavy atom. The molecule has 0 bridgehead atoms. The SMILES string of the molecule is O=C(NC(=S)Nc1nc2ccc(N3CCOCC3)cc2s1)c1cccc(Cl)c1. The van der Waals surface area contributed by atoms with Crippen molar-refractivity contribution in [1.82, 2.24) is 10.3 Å². The standard InChI is InChI=1S/C19H17ClN4O2S2/c20-13-3-1-2-12(10-13)17(25)22-18(27)23-19-21-15-5-4-14(11-16(15)28-19)24-6-8-26-9-7-24/h1-5,10-11H,6-9H2,(H2,21,22,23,25,27). The van der Waals surface area contributed by atoms with Crippen LogP contribution in [-0.2, 0) is 4.74 Å². The fraction of sp³-hybridized carbons (Fsp3) is 0.211. The molecule has 28 heavy (non-hydrogen) atoms. The number of hydrogen-bond donors (Lipinski definition) is 2. The van der Waals surface area contributed by atoms with Gasteiger partial charge in [0.1, 0.15) is 0 Å². The number of fused-ring (bicyclic) bond motifs is 1. The molecule has 0 atom stereocenters. The highest BCUT2D eigenvalue weighted by Crippen LogP contribution is 2.30. The number of rotatable bonds is 3. The van der Waals surface area contributed by atoms with Gasteiger partial charge in [-0.1, -0.05) is 29.0 Å². The number of thiazole rings is 1. The molecule has 2 aromatic carbocycles. The van der Waals surface area contributed by atoms with Crippen molar-refractivity contribution >= 4 is 67.2 Å². The average molecular weight is 433 g/mol. The molecule has 9 heteroatoms. The van der Waals surface area contributed by atoms with E-state index in [1.165, 1.54) is 11.3 Å². The molecule has 2 N–H and O–H groups in total. The Bertz CT molecular complexity index is 1030. The molecular formula is C19H17ClN4O2S2. The monoisotopic (exact) mass is 432 g/mol. The Hall–Kier alpha value is -2.26. The fourth-order valence-corrected chi connectivity index (χ4v) is 4.27. The molecule has 2 heterocycles. The van der Waals surface area contributed by atoms with Crippen molar-refractivity contribution in [2.45, 2.75) is 0 Å². The lowest BCUT2D eigenvalue weighted by molar-refractivity contribution is 0.0977. The predicted molar refractivity (Wildman–Crippen MR) is 118 cm³/mol. The molecule has 1 fully saturated rings. The van der Waals surface area contributed by atoms with E-state index in [-0.39, 0.29) is 11.0 Å². The van der Waals surface area contributed by atoms with Crippen molar-refractivity contribution in [3.63, 3.8) is 0 Å². The maximum atomic E-state index is 12.3. The number of hydrogen-bond acceptors (Lipinski definition) is 6. The van der Waals surface area contributed by atoms with E-state index in [9.17, 15) is 4.79 Å². The Labute approximate surface area is 176 Å². The number of carbonyl (C=O) groups excluding carboxylic acids is 1. The van der Waals surface area contributed by atoms with Crippen LogP contribution in [0.25, 0.3) is 10.2 Å². The Morgan fingerprint density at radius 1 is 1.21 bits per heavy atom. The molecule has 4 rings (SSSR count). The van der Waals surface area contributed by atoms with Crippen LogP contribution in [0, 0.1) is 0 Å². The van der Waals surface area contributed by atoms with Crippen molar-refractivity contribution in [1.29, 1.82) is 0 Å². The summed E-state index contributed by atoms with van der Waals surface area (Å²) in [5, 5.41) is 6.95. The minimum absolute atomic E-state index is 0.192. The number of amides is 1. The second kappa shape index (κ2) is 8.40. The Balaban J connectivity index is 1.44. The summed E-state index contributed by atoms with van der Waals surface area (Å²) >= 11 is 12.7. The van der Waals surface area contributed by atoms with Gasteiger partial charge in [0, 0.05) is 29.4 Å². The molecule has 1 amide bonds. The number of nitrogens with zero attached hydrogens (tertiary/aromatic N) is 2. The van der Waals surface area contributed by atoms with Gasteiger partial charge in [0.2, 0.25) is 0 Å². The molecule has 0 spiro atoms. The van der Waals surface area contributed by atoms with Crippen LogP contribution >= 0.6 is 35.2 Å². The highest BCUT2D eigenvalue weighted by Gasteiger charge is 2.14. The number of carbonyl (C=O) groups is 1. The summed E-state index contributed by atoms with van der Waals surface area (Å²) in [6.07, 6.45) is 0. The number of anilines is 2. The molecule has 3 aromatic rings. The van der Waals surface area contributed by atoms with Gasteiger partial charge in [0.25, 0.3) is 5.91 Å². The molecule has 1 aromatic heterocycles. The summed E-state index contributed by atoms with van der Waals surface area (Å²) in [7, 11) is 0. The topological polar surface area (TPSA) is 66.5 Å². The first-order valence-corrected chi connectivity index (χ1v) is 10.3. The van der Waals surface area contributed by atoms with Gasteiger partial charge in [0.15, 0.2) is 10.2 Å². The third-order valence-electron chi connectivity index (χ3n) is 4.28. The molecule has 1 aliphatic rings. The van der Waals surface area contributed by atoms with E-state index in [2.05, 4.69) is 32.7 Å². The molecule has 0 radical (unpaired) electrons. The van der Waals surface area contributed by atoms with Crippen LogP contribution in [0.15, 0.2) is 42.5 Å². The van der Waals surface area contributed by atoms with E-state index in [4.69, 9.17) is 28.6 Å². The van der Waals surface area contributed by atoms with E-state index < -0.39 is 0 Å². The second-order valence-electron chi connectivity index (χ2n) is 6.19. The number of aromatic nitrogens is 1. The van der Waals surface area contributed by atoms with Gasteiger partial charge in [-0.2, -0.15) is 0 Å².